The van der Waals surface area contributed by atoms with Crippen LogP contribution in [-0.4, -0.2) is 47.5 Å². The predicted octanol–water partition coefficient (Wildman–Crippen LogP) is 3.11. The minimum absolute atomic E-state index is 0.266. The fourth-order valence-corrected chi connectivity index (χ4v) is 5.52. The summed E-state index contributed by atoms with van der Waals surface area (Å²) in [6, 6.07) is 5.21. The molecule has 0 spiro atoms. The summed E-state index contributed by atoms with van der Waals surface area (Å²) in [5, 5.41) is 7.05. The van der Waals surface area contributed by atoms with Gasteiger partial charge in [-0.1, -0.05) is 25.3 Å². The van der Waals surface area contributed by atoms with E-state index in [1.54, 1.807) is 0 Å². The van der Waals surface area contributed by atoms with Crippen LogP contribution in [0.25, 0.3) is 0 Å². The molecule has 1 aliphatic carbocycles. The summed E-state index contributed by atoms with van der Waals surface area (Å²) in [5.74, 6) is 1.74. The zero-order valence-electron chi connectivity index (χ0n) is 17.1. The Morgan fingerprint density at radius 3 is 2.96 bits per heavy atom. The van der Waals surface area contributed by atoms with Crippen LogP contribution < -0.4 is 10.6 Å². The zero-order valence-corrected chi connectivity index (χ0v) is 17.1. The smallest absolute Gasteiger partial charge is 0.220 e. The number of hydrogen-bond donors (Lipinski definition) is 2. The van der Waals surface area contributed by atoms with Gasteiger partial charge in [0.25, 0.3) is 0 Å². The van der Waals surface area contributed by atoms with Crippen LogP contribution in [0.5, 0.6) is 0 Å². The molecule has 5 nitrogen and oxygen atoms in total. The van der Waals surface area contributed by atoms with Crippen LogP contribution in [0, 0.1) is 11.8 Å². The minimum Gasteiger partial charge on any atom is -0.353 e. The molecule has 2 aliphatic heterocycles. The monoisotopic (exact) mass is 384 g/mol. The molecule has 4 rings (SSSR count). The Labute approximate surface area is 169 Å². The molecule has 154 valence electrons. The molecular weight excluding hydrogens is 348 g/mol. The van der Waals surface area contributed by atoms with Crippen LogP contribution in [0.1, 0.15) is 63.4 Å². The molecule has 0 unspecified atom stereocenters. The number of carbonyl (C=O) groups is 1. The van der Waals surface area contributed by atoms with Crippen molar-refractivity contribution in [1.82, 2.24) is 20.5 Å². The number of nitrogens with one attached hydrogen (secondary N) is 2. The van der Waals surface area contributed by atoms with E-state index in [0.717, 1.165) is 38.4 Å². The van der Waals surface area contributed by atoms with Gasteiger partial charge in [-0.3, -0.25) is 14.7 Å². The SMILES string of the molecule is O=C(CCC[C@H]1NC[C@@H]2C[C@@H]1CN(Cc1cccnc1)C2)NC1CCCCC1. The Morgan fingerprint density at radius 2 is 2.14 bits per heavy atom. The van der Waals surface area contributed by atoms with Crippen LogP contribution >= 0.6 is 0 Å². The van der Waals surface area contributed by atoms with Crippen LogP contribution in [0.2, 0.25) is 0 Å². The quantitative estimate of drug-likeness (QED) is 0.758. The molecule has 5 heteroatoms. The summed E-state index contributed by atoms with van der Waals surface area (Å²) >= 11 is 0. The van der Waals surface area contributed by atoms with Crippen LogP contribution in [0.3, 0.4) is 0 Å². The first-order valence-electron chi connectivity index (χ1n) is 11.4. The van der Waals surface area contributed by atoms with E-state index in [1.165, 1.54) is 50.6 Å². The molecule has 0 aromatic carbocycles. The summed E-state index contributed by atoms with van der Waals surface area (Å²) < 4.78 is 0. The van der Waals surface area contributed by atoms with Crippen molar-refractivity contribution in [3.05, 3.63) is 30.1 Å². The lowest BCUT2D eigenvalue weighted by atomic mass is 9.79. The molecule has 1 aromatic heterocycles. The zero-order chi connectivity index (χ0) is 19.2. The van der Waals surface area contributed by atoms with Gasteiger partial charge in [-0.25, -0.2) is 0 Å². The third-order valence-electron chi connectivity index (χ3n) is 6.90. The van der Waals surface area contributed by atoms with Crippen LogP contribution in [-0.2, 0) is 11.3 Å². The molecule has 3 atom stereocenters. The standard InChI is InChI=1S/C23H36N4O/c28-23(26-21-7-2-1-3-8-21)10-4-9-22-20-12-19(14-25-22)16-27(17-20)15-18-6-5-11-24-13-18/h5-6,11,13,19-22,25H,1-4,7-10,12,14-17H2,(H,26,28)/t19-,20+,22+/m0/s1. The van der Waals surface area contributed by atoms with Crippen molar-refractivity contribution in [3.63, 3.8) is 0 Å². The molecule has 2 saturated heterocycles. The van der Waals surface area contributed by atoms with E-state index in [2.05, 4.69) is 26.6 Å². The van der Waals surface area contributed by atoms with Gasteiger partial charge in [-0.2, -0.15) is 0 Å². The number of likely N-dealkylation sites (tertiary alicyclic amines) is 1. The Bertz CT molecular complexity index is 616. The van der Waals surface area contributed by atoms with Crippen LogP contribution in [0.4, 0.5) is 0 Å². The maximum absolute atomic E-state index is 12.3. The van der Waals surface area contributed by atoms with Crippen molar-refractivity contribution in [2.45, 2.75) is 76.4 Å². The topological polar surface area (TPSA) is 57.3 Å². The molecule has 28 heavy (non-hydrogen) atoms. The maximum Gasteiger partial charge on any atom is 0.220 e. The number of carbonyl (C=O) groups excluding carboxylic acids is 1. The molecule has 1 saturated carbocycles. The highest BCUT2D eigenvalue weighted by atomic mass is 16.1. The summed E-state index contributed by atoms with van der Waals surface area (Å²) in [4.78, 5) is 19.1. The normalized spacial score (nSPS) is 28.8. The highest BCUT2D eigenvalue weighted by molar-refractivity contribution is 5.76. The van der Waals surface area contributed by atoms with Gasteiger partial charge < -0.3 is 10.6 Å². The van der Waals surface area contributed by atoms with Crippen molar-refractivity contribution in [2.75, 3.05) is 19.6 Å². The lowest BCUT2D eigenvalue weighted by molar-refractivity contribution is -0.122. The van der Waals surface area contributed by atoms with E-state index in [-0.39, 0.29) is 5.91 Å². The Morgan fingerprint density at radius 1 is 1.25 bits per heavy atom. The summed E-state index contributed by atoms with van der Waals surface area (Å²) in [5.41, 5.74) is 1.31. The van der Waals surface area contributed by atoms with Gasteiger partial charge in [0.1, 0.15) is 0 Å². The fraction of sp³-hybridized carbons (Fsp3) is 0.739. The van der Waals surface area contributed by atoms with Crippen LogP contribution in [0.15, 0.2) is 24.5 Å². The average molecular weight is 385 g/mol. The molecule has 3 fully saturated rings. The average Bonchev–Trinajstić information content (AvgIpc) is 2.71. The maximum atomic E-state index is 12.3. The van der Waals surface area contributed by atoms with Crippen molar-refractivity contribution in [2.24, 2.45) is 11.8 Å². The number of aromatic nitrogens is 1. The number of piperidine rings is 2. The van der Waals surface area contributed by atoms with Crippen molar-refractivity contribution < 1.29 is 4.79 Å². The third-order valence-corrected chi connectivity index (χ3v) is 6.90. The predicted molar refractivity (Wildman–Crippen MR) is 112 cm³/mol. The molecule has 2 N–H and O–H groups in total. The van der Waals surface area contributed by atoms with Gasteiger partial charge in [0.15, 0.2) is 0 Å². The second kappa shape index (κ2) is 9.84. The minimum atomic E-state index is 0.266. The number of rotatable bonds is 7. The second-order valence-electron chi connectivity index (χ2n) is 9.23. The van der Waals surface area contributed by atoms with Crippen molar-refractivity contribution in [1.29, 1.82) is 0 Å². The number of hydrogen-bond acceptors (Lipinski definition) is 4. The molecule has 1 amide bonds. The lowest BCUT2D eigenvalue weighted by Crippen LogP contribution is -2.55. The summed E-state index contributed by atoms with van der Waals surface area (Å²) in [7, 11) is 0. The van der Waals surface area contributed by atoms with Gasteiger partial charge in [0.05, 0.1) is 0 Å². The van der Waals surface area contributed by atoms with E-state index in [1.807, 2.05) is 18.5 Å². The molecular formula is C23H36N4O. The molecule has 1 aromatic rings. The highest BCUT2D eigenvalue weighted by Gasteiger charge is 2.36. The lowest BCUT2D eigenvalue weighted by Gasteiger charge is -2.46. The number of pyridine rings is 1. The summed E-state index contributed by atoms with van der Waals surface area (Å²) in [6.45, 7) is 4.49. The van der Waals surface area contributed by atoms with Crippen molar-refractivity contribution in [3.8, 4) is 0 Å². The van der Waals surface area contributed by atoms with Gasteiger partial charge in [0.2, 0.25) is 5.91 Å². The van der Waals surface area contributed by atoms with E-state index in [4.69, 9.17) is 0 Å². The van der Waals surface area contributed by atoms with Crippen molar-refractivity contribution >= 4 is 5.91 Å². The third kappa shape index (κ3) is 5.54. The molecule has 0 radical (unpaired) electrons. The fourth-order valence-electron chi connectivity index (χ4n) is 5.52. The molecule has 3 aliphatic rings. The Balaban J connectivity index is 1.20. The van der Waals surface area contributed by atoms with E-state index in [0.29, 0.717) is 24.4 Å². The van der Waals surface area contributed by atoms with E-state index in [9.17, 15) is 4.79 Å². The summed E-state index contributed by atoms with van der Waals surface area (Å²) in [6.07, 6.45) is 14.2. The van der Waals surface area contributed by atoms with E-state index >= 15 is 0 Å². The number of fused-ring (bicyclic) bond motifs is 2. The first kappa shape index (κ1) is 19.8. The van der Waals surface area contributed by atoms with Gasteiger partial charge in [0, 0.05) is 50.5 Å². The van der Waals surface area contributed by atoms with Gasteiger partial charge in [-0.05, 0) is 62.1 Å². The molecule has 3 heterocycles. The molecule has 2 bridgehead atoms. The first-order chi connectivity index (χ1) is 13.8. The highest BCUT2D eigenvalue weighted by Crippen LogP contribution is 2.31. The first-order valence-corrected chi connectivity index (χ1v) is 11.4. The Kier molecular flexibility index (Phi) is 6.97. The Hall–Kier alpha value is -1.46. The van der Waals surface area contributed by atoms with E-state index < -0.39 is 0 Å². The largest absolute Gasteiger partial charge is 0.353 e. The van der Waals surface area contributed by atoms with Gasteiger partial charge >= 0.3 is 0 Å². The number of nitrogens with zero attached hydrogens (tertiary/aromatic N) is 2. The number of amides is 1. The second-order valence-corrected chi connectivity index (χ2v) is 9.23. The van der Waals surface area contributed by atoms with Gasteiger partial charge in [-0.15, -0.1) is 0 Å².